The van der Waals surface area contributed by atoms with Crippen molar-refractivity contribution in [1.82, 2.24) is 4.90 Å². The Morgan fingerprint density at radius 1 is 1.33 bits per heavy atom. The Balaban J connectivity index is 1.93. The number of Topliss-reactive ketones (excluding diaryl/α,β-unsaturated/α-hetero) is 1. The van der Waals surface area contributed by atoms with E-state index in [-0.39, 0.29) is 5.78 Å². The van der Waals surface area contributed by atoms with Gasteiger partial charge in [0.1, 0.15) is 0 Å². The number of halogens is 1. The molecule has 2 rings (SSSR count). The molecule has 1 heterocycles. The lowest BCUT2D eigenvalue weighted by molar-refractivity contribution is 0.0845. The Hall–Kier alpha value is -0.860. The molecule has 0 spiro atoms. The van der Waals surface area contributed by atoms with Gasteiger partial charge in [0.25, 0.3) is 0 Å². The fourth-order valence-corrected chi connectivity index (χ4v) is 2.46. The molecule has 0 N–H and O–H groups in total. The molecule has 0 atom stereocenters. The maximum absolute atomic E-state index is 12.1. The van der Waals surface area contributed by atoms with Gasteiger partial charge in [0, 0.05) is 10.6 Å². The van der Waals surface area contributed by atoms with Gasteiger partial charge in [-0.3, -0.25) is 9.69 Å². The fraction of sp³-hybridized carbons (Fsp3) is 0.533. The summed E-state index contributed by atoms with van der Waals surface area (Å²) in [6.45, 7) is 7.13. The molecule has 0 amide bonds. The minimum Gasteiger partial charge on any atom is -0.296 e. The van der Waals surface area contributed by atoms with Crippen LogP contribution in [0.5, 0.6) is 0 Å². The van der Waals surface area contributed by atoms with Crippen LogP contribution in [0.3, 0.4) is 0 Å². The van der Waals surface area contributed by atoms with Crippen LogP contribution < -0.4 is 0 Å². The number of carbonyl (C=O) groups is 1. The Labute approximate surface area is 114 Å². The van der Waals surface area contributed by atoms with E-state index in [1.54, 1.807) is 12.1 Å². The van der Waals surface area contributed by atoms with E-state index in [2.05, 4.69) is 18.7 Å². The van der Waals surface area contributed by atoms with Gasteiger partial charge < -0.3 is 0 Å². The van der Waals surface area contributed by atoms with Crippen molar-refractivity contribution in [2.24, 2.45) is 5.41 Å². The van der Waals surface area contributed by atoms with Crippen LogP contribution in [0.4, 0.5) is 0 Å². The highest BCUT2D eigenvalue weighted by atomic mass is 35.5. The molecule has 0 aromatic heterocycles. The number of piperidine rings is 1. The van der Waals surface area contributed by atoms with Crippen molar-refractivity contribution in [3.8, 4) is 0 Å². The normalized spacial score (nSPS) is 19.7. The first-order valence-electron chi connectivity index (χ1n) is 6.47. The fourth-order valence-electron chi connectivity index (χ4n) is 2.27. The summed E-state index contributed by atoms with van der Waals surface area (Å²) in [7, 11) is 0. The highest BCUT2D eigenvalue weighted by molar-refractivity contribution is 6.31. The molecule has 0 aliphatic carbocycles. The highest BCUT2D eigenvalue weighted by Gasteiger charge is 2.26. The van der Waals surface area contributed by atoms with E-state index in [1.165, 1.54) is 0 Å². The number of likely N-dealkylation sites (tertiary alicyclic amines) is 1. The van der Waals surface area contributed by atoms with Crippen LogP contribution in [0, 0.1) is 5.41 Å². The molecule has 1 aliphatic heterocycles. The van der Waals surface area contributed by atoms with Gasteiger partial charge in [0.2, 0.25) is 0 Å². The lowest BCUT2D eigenvalue weighted by Crippen LogP contribution is -2.40. The van der Waals surface area contributed by atoms with Crippen molar-refractivity contribution in [2.45, 2.75) is 26.7 Å². The van der Waals surface area contributed by atoms with Crippen LogP contribution in [-0.2, 0) is 0 Å². The first-order valence-corrected chi connectivity index (χ1v) is 6.85. The van der Waals surface area contributed by atoms with E-state index in [1.807, 2.05) is 12.1 Å². The lowest BCUT2D eigenvalue weighted by Gasteiger charge is -2.36. The number of ketones is 1. The average Bonchev–Trinajstić information content (AvgIpc) is 2.32. The first kappa shape index (κ1) is 13.6. The molecule has 1 saturated heterocycles. The van der Waals surface area contributed by atoms with E-state index in [0.29, 0.717) is 22.5 Å². The summed E-state index contributed by atoms with van der Waals surface area (Å²) in [5, 5.41) is 0.626. The zero-order chi connectivity index (χ0) is 13.2. The zero-order valence-corrected chi connectivity index (χ0v) is 11.8. The second-order valence-electron chi connectivity index (χ2n) is 5.87. The monoisotopic (exact) mass is 265 g/mol. The molecule has 2 nitrogen and oxygen atoms in total. The summed E-state index contributed by atoms with van der Waals surface area (Å²) >= 11 is 5.90. The molecule has 1 aliphatic rings. The summed E-state index contributed by atoms with van der Waals surface area (Å²) in [6, 6.07) is 7.20. The quantitative estimate of drug-likeness (QED) is 0.778. The topological polar surface area (TPSA) is 20.3 Å². The molecular formula is C15H20ClNO. The van der Waals surface area contributed by atoms with Gasteiger partial charge in [-0.1, -0.05) is 37.6 Å². The maximum Gasteiger partial charge on any atom is 0.176 e. The van der Waals surface area contributed by atoms with Crippen LogP contribution in [0.25, 0.3) is 0 Å². The van der Waals surface area contributed by atoms with Crippen molar-refractivity contribution in [3.63, 3.8) is 0 Å². The van der Waals surface area contributed by atoms with Gasteiger partial charge in [-0.2, -0.15) is 0 Å². The van der Waals surface area contributed by atoms with Crippen LogP contribution >= 0.6 is 11.6 Å². The third-order valence-electron chi connectivity index (χ3n) is 3.72. The molecule has 1 aromatic rings. The number of hydrogen-bond acceptors (Lipinski definition) is 2. The van der Waals surface area contributed by atoms with Crippen molar-refractivity contribution in [2.75, 3.05) is 19.6 Å². The molecular weight excluding hydrogens is 246 g/mol. The van der Waals surface area contributed by atoms with Crippen molar-refractivity contribution >= 4 is 17.4 Å². The standard InChI is InChI=1S/C15H20ClNO/c1-15(2)6-8-17(9-7-15)11-14(18)12-4-3-5-13(16)10-12/h3-5,10H,6-9,11H2,1-2H3. The molecule has 0 radical (unpaired) electrons. The van der Waals surface area contributed by atoms with Gasteiger partial charge in [0.15, 0.2) is 5.78 Å². The second kappa shape index (κ2) is 5.41. The molecule has 1 fully saturated rings. The third kappa shape index (κ3) is 3.56. The van der Waals surface area contributed by atoms with E-state index < -0.39 is 0 Å². The first-order chi connectivity index (χ1) is 8.46. The number of benzene rings is 1. The number of rotatable bonds is 3. The van der Waals surface area contributed by atoms with Crippen molar-refractivity contribution < 1.29 is 4.79 Å². The van der Waals surface area contributed by atoms with Crippen LogP contribution in [-0.4, -0.2) is 30.3 Å². The van der Waals surface area contributed by atoms with Crippen LogP contribution in [0.15, 0.2) is 24.3 Å². The molecule has 1 aromatic carbocycles. The maximum atomic E-state index is 12.1. The van der Waals surface area contributed by atoms with Gasteiger partial charge >= 0.3 is 0 Å². The van der Waals surface area contributed by atoms with E-state index in [9.17, 15) is 4.79 Å². The number of hydrogen-bond donors (Lipinski definition) is 0. The molecule has 0 bridgehead atoms. The predicted octanol–water partition coefficient (Wildman–Crippen LogP) is 3.64. The number of carbonyl (C=O) groups excluding carboxylic acids is 1. The van der Waals surface area contributed by atoms with E-state index in [4.69, 9.17) is 11.6 Å². The van der Waals surface area contributed by atoms with Crippen LogP contribution in [0.1, 0.15) is 37.0 Å². The van der Waals surface area contributed by atoms with Gasteiger partial charge in [-0.25, -0.2) is 0 Å². The molecule has 18 heavy (non-hydrogen) atoms. The Morgan fingerprint density at radius 2 is 2.00 bits per heavy atom. The third-order valence-corrected chi connectivity index (χ3v) is 3.96. The van der Waals surface area contributed by atoms with Gasteiger partial charge in [-0.15, -0.1) is 0 Å². The summed E-state index contributed by atoms with van der Waals surface area (Å²) in [4.78, 5) is 14.4. The summed E-state index contributed by atoms with van der Waals surface area (Å²) in [5.41, 5.74) is 1.14. The minimum atomic E-state index is 0.164. The van der Waals surface area contributed by atoms with Crippen molar-refractivity contribution in [1.29, 1.82) is 0 Å². The average molecular weight is 266 g/mol. The SMILES string of the molecule is CC1(C)CCN(CC(=O)c2cccc(Cl)c2)CC1. The minimum absolute atomic E-state index is 0.164. The predicted molar refractivity (Wildman–Crippen MR) is 75.2 cm³/mol. The van der Waals surface area contributed by atoms with Gasteiger partial charge in [-0.05, 0) is 43.5 Å². The molecule has 0 saturated carbocycles. The summed E-state index contributed by atoms with van der Waals surface area (Å²) < 4.78 is 0. The lowest BCUT2D eigenvalue weighted by atomic mass is 9.82. The summed E-state index contributed by atoms with van der Waals surface area (Å²) in [6.07, 6.45) is 2.33. The Bertz CT molecular complexity index is 432. The Morgan fingerprint density at radius 3 is 2.61 bits per heavy atom. The Kier molecular flexibility index (Phi) is 4.08. The largest absolute Gasteiger partial charge is 0.296 e. The second-order valence-corrected chi connectivity index (χ2v) is 6.31. The molecule has 3 heteroatoms. The highest BCUT2D eigenvalue weighted by Crippen LogP contribution is 2.29. The van der Waals surface area contributed by atoms with E-state index in [0.717, 1.165) is 25.9 Å². The zero-order valence-electron chi connectivity index (χ0n) is 11.1. The van der Waals surface area contributed by atoms with E-state index >= 15 is 0 Å². The molecule has 98 valence electrons. The van der Waals surface area contributed by atoms with Crippen LogP contribution in [0.2, 0.25) is 5.02 Å². The van der Waals surface area contributed by atoms with Crippen molar-refractivity contribution in [3.05, 3.63) is 34.9 Å². The number of nitrogens with zero attached hydrogens (tertiary/aromatic N) is 1. The molecule has 0 unspecified atom stereocenters. The summed E-state index contributed by atoms with van der Waals surface area (Å²) in [5.74, 6) is 0.164. The van der Waals surface area contributed by atoms with Gasteiger partial charge in [0.05, 0.1) is 6.54 Å². The smallest absolute Gasteiger partial charge is 0.176 e.